The number of rotatable bonds is 3. The van der Waals surface area contributed by atoms with Gasteiger partial charge in [0, 0.05) is 6.07 Å². The highest BCUT2D eigenvalue weighted by atomic mass is 32.2. The smallest absolute Gasteiger partial charge is 0.298 e. The summed E-state index contributed by atoms with van der Waals surface area (Å²) in [5.41, 5.74) is -1.000. The SMILES string of the molecule is COc1c(O)cc2occ(-c3ccc(O)c(S(=O)(=O)O)c3)c(=O)c2c1O. The second-order valence-electron chi connectivity index (χ2n) is 5.29. The Morgan fingerprint density at radius 2 is 1.77 bits per heavy atom. The molecule has 2 aromatic carbocycles. The molecule has 4 N–H and O–H groups in total. The van der Waals surface area contributed by atoms with E-state index in [1.807, 2.05) is 0 Å². The van der Waals surface area contributed by atoms with Gasteiger partial charge in [-0.2, -0.15) is 8.42 Å². The molecule has 3 rings (SSSR count). The van der Waals surface area contributed by atoms with Crippen LogP contribution in [-0.2, 0) is 10.1 Å². The molecule has 0 spiro atoms. The van der Waals surface area contributed by atoms with E-state index in [2.05, 4.69) is 0 Å². The first kappa shape index (κ1) is 17.6. The number of hydrogen-bond donors (Lipinski definition) is 4. The van der Waals surface area contributed by atoms with Crippen LogP contribution in [0.3, 0.4) is 0 Å². The van der Waals surface area contributed by atoms with E-state index in [0.29, 0.717) is 0 Å². The summed E-state index contributed by atoms with van der Waals surface area (Å²) in [7, 11) is -3.54. The van der Waals surface area contributed by atoms with E-state index in [1.54, 1.807) is 0 Å². The first-order chi connectivity index (χ1) is 12.1. The van der Waals surface area contributed by atoms with Crippen LogP contribution < -0.4 is 10.2 Å². The average molecular weight is 380 g/mol. The maximum Gasteiger partial charge on any atom is 0.298 e. The van der Waals surface area contributed by atoms with E-state index in [4.69, 9.17) is 13.7 Å². The molecule has 0 radical (unpaired) electrons. The monoisotopic (exact) mass is 380 g/mol. The number of methoxy groups -OCH3 is 1. The average Bonchev–Trinajstić information content (AvgIpc) is 2.55. The number of hydrogen-bond acceptors (Lipinski definition) is 8. The molecule has 136 valence electrons. The van der Waals surface area contributed by atoms with Gasteiger partial charge in [-0.05, 0) is 17.7 Å². The van der Waals surface area contributed by atoms with Crippen molar-refractivity contribution in [3.05, 3.63) is 40.8 Å². The molecule has 0 aliphatic rings. The number of phenols is 3. The second-order valence-corrected chi connectivity index (χ2v) is 6.68. The molecule has 0 fully saturated rings. The maximum absolute atomic E-state index is 12.7. The fourth-order valence-corrected chi connectivity index (χ4v) is 3.13. The van der Waals surface area contributed by atoms with Crippen LogP contribution >= 0.6 is 0 Å². The molecule has 26 heavy (non-hydrogen) atoms. The maximum atomic E-state index is 12.7. The number of ether oxygens (including phenoxy) is 1. The van der Waals surface area contributed by atoms with Crippen molar-refractivity contribution < 1.29 is 37.4 Å². The van der Waals surface area contributed by atoms with Gasteiger partial charge in [-0.1, -0.05) is 6.07 Å². The summed E-state index contributed by atoms with van der Waals surface area (Å²) in [5.74, 6) is -2.11. The van der Waals surface area contributed by atoms with Crippen molar-refractivity contribution in [1.29, 1.82) is 0 Å². The topological polar surface area (TPSA) is 154 Å². The van der Waals surface area contributed by atoms with Gasteiger partial charge in [0.1, 0.15) is 27.9 Å². The van der Waals surface area contributed by atoms with Gasteiger partial charge in [-0.3, -0.25) is 9.35 Å². The molecule has 0 bridgehead atoms. The zero-order valence-corrected chi connectivity index (χ0v) is 13.9. The Kier molecular flexibility index (Phi) is 4.01. The fourth-order valence-electron chi connectivity index (χ4n) is 2.53. The van der Waals surface area contributed by atoms with E-state index in [0.717, 1.165) is 24.5 Å². The Bertz CT molecular complexity index is 1190. The highest BCUT2D eigenvalue weighted by Gasteiger charge is 2.21. The van der Waals surface area contributed by atoms with Crippen molar-refractivity contribution in [1.82, 2.24) is 0 Å². The quantitative estimate of drug-likeness (QED) is 0.498. The number of aromatic hydroxyl groups is 3. The van der Waals surface area contributed by atoms with Gasteiger partial charge >= 0.3 is 0 Å². The van der Waals surface area contributed by atoms with Crippen molar-refractivity contribution in [2.24, 2.45) is 0 Å². The standard InChI is InChI=1S/C16H12O9S/c1-24-16-10(18)5-11-13(15(16)20)14(19)8(6-25-11)7-2-3-9(17)12(4-7)26(21,22)23/h2-6,17-18,20H,1H3,(H,21,22,23). The summed E-state index contributed by atoms with van der Waals surface area (Å²) in [6.07, 6.45) is 0.996. The van der Waals surface area contributed by atoms with Crippen LogP contribution in [0.4, 0.5) is 0 Å². The molecular formula is C16H12O9S. The molecule has 10 heteroatoms. The van der Waals surface area contributed by atoms with Gasteiger partial charge in [0.2, 0.25) is 11.2 Å². The highest BCUT2D eigenvalue weighted by Crippen LogP contribution is 2.41. The summed E-state index contributed by atoms with van der Waals surface area (Å²) in [6, 6.07) is 4.19. The molecule has 0 saturated heterocycles. The lowest BCUT2D eigenvalue weighted by molar-refractivity contribution is 0.346. The minimum Gasteiger partial charge on any atom is -0.506 e. The minimum absolute atomic E-state index is 0.0116. The third kappa shape index (κ3) is 2.70. The third-order valence-electron chi connectivity index (χ3n) is 3.73. The molecule has 0 atom stereocenters. The predicted octanol–water partition coefficient (Wildman–Crippen LogP) is 1.83. The van der Waals surface area contributed by atoms with Crippen molar-refractivity contribution in [3.8, 4) is 34.1 Å². The van der Waals surface area contributed by atoms with E-state index < -0.39 is 37.7 Å². The predicted molar refractivity (Wildman–Crippen MR) is 89.3 cm³/mol. The first-order valence-electron chi connectivity index (χ1n) is 7.00. The van der Waals surface area contributed by atoms with Gasteiger partial charge in [-0.25, -0.2) is 0 Å². The van der Waals surface area contributed by atoms with Crippen LogP contribution in [0.1, 0.15) is 0 Å². The molecule has 1 heterocycles. The molecule has 0 amide bonds. The molecule has 3 aromatic rings. The van der Waals surface area contributed by atoms with Crippen LogP contribution in [0.5, 0.6) is 23.0 Å². The van der Waals surface area contributed by atoms with Crippen LogP contribution in [0, 0.1) is 0 Å². The molecule has 0 unspecified atom stereocenters. The van der Waals surface area contributed by atoms with E-state index in [1.165, 1.54) is 13.2 Å². The van der Waals surface area contributed by atoms with E-state index >= 15 is 0 Å². The van der Waals surface area contributed by atoms with Gasteiger partial charge < -0.3 is 24.5 Å². The highest BCUT2D eigenvalue weighted by molar-refractivity contribution is 7.86. The van der Waals surface area contributed by atoms with Gasteiger partial charge in [-0.15, -0.1) is 0 Å². The van der Waals surface area contributed by atoms with Crippen LogP contribution in [-0.4, -0.2) is 35.4 Å². The largest absolute Gasteiger partial charge is 0.506 e. The number of phenolic OH excluding ortho intramolecular Hbond substituents is 3. The van der Waals surface area contributed by atoms with Crippen LogP contribution in [0.2, 0.25) is 0 Å². The Morgan fingerprint density at radius 3 is 2.38 bits per heavy atom. The Balaban J connectivity index is 2.35. The summed E-state index contributed by atoms with van der Waals surface area (Å²) in [4.78, 5) is 12.0. The Labute approximate surface area is 146 Å². The summed E-state index contributed by atoms with van der Waals surface area (Å²) in [5, 5.41) is 29.2. The van der Waals surface area contributed by atoms with Gasteiger partial charge in [0.15, 0.2) is 11.5 Å². The van der Waals surface area contributed by atoms with E-state index in [9.17, 15) is 28.5 Å². The minimum atomic E-state index is -4.73. The van der Waals surface area contributed by atoms with Crippen molar-refractivity contribution in [3.63, 3.8) is 0 Å². The lowest BCUT2D eigenvalue weighted by Crippen LogP contribution is -2.06. The van der Waals surface area contributed by atoms with Crippen molar-refractivity contribution in [2.45, 2.75) is 4.90 Å². The molecule has 9 nitrogen and oxygen atoms in total. The normalized spacial score (nSPS) is 11.6. The number of benzene rings is 2. The Morgan fingerprint density at radius 1 is 1.08 bits per heavy atom. The molecule has 0 saturated carbocycles. The molecule has 0 aliphatic heterocycles. The van der Waals surface area contributed by atoms with Crippen molar-refractivity contribution in [2.75, 3.05) is 7.11 Å². The van der Waals surface area contributed by atoms with Crippen molar-refractivity contribution >= 4 is 21.1 Å². The molecule has 1 aromatic heterocycles. The zero-order valence-electron chi connectivity index (χ0n) is 13.1. The molecule has 0 aliphatic carbocycles. The summed E-state index contributed by atoms with van der Waals surface area (Å²) in [6.45, 7) is 0. The van der Waals surface area contributed by atoms with Crippen LogP contribution in [0.25, 0.3) is 22.1 Å². The summed E-state index contributed by atoms with van der Waals surface area (Å²) >= 11 is 0. The lowest BCUT2D eigenvalue weighted by atomic mass is 10.0. The molecular weight excluding hydrogens is 368 g/mol. The van der Waals surface area contributed by atoms with Gasteiger partial charge in [0.05, 0.1) is 12.7 Å². The summed E-state index contributed by atoms with van der Waals surface area (Å²) < 4.78 is 41.9. The Hall–Kier alpha value is -3.24. The van der Waals surface area contributed by atoms with E-state index in [-0.39, 0.29) is 27.8 Å². The fraction of sp³-hybridized carbons (Fsp3) is 0.0625. The van der Waals surface area contributed by atoms with Gasteiger partial charge in [0.25, 0.3) is 10.1 Å². The lowest BCUT2D eigenvalue weighted by Gasteiger charge is -2.10. The first-order valence-corrected chi connectivity index (χ1v) is 8.44. The third-order valence-corrected chi connectivity index (χ3v) is 4.61. The second kappa shape index (κ2) is 5.93. The number of fused-ring (bicyclic) bond motifs is 1. The zero-order chi connectivity index (χ0) is 19.2. The van der Waals surface area contributed by atoms with Crippen LogP contribution in [0.15, 0.2) is 44.6 Å².